The zero-order valence-corrected chi connectivity index (χ0v) is 9.43. The lowest BCUT2D eigenvalue weighted by molar-refractivity contribution is 0.318. The third-order valence-corrected chi connectivity index (χ3v) is 2.18. The van der Waals surface area contributed by atoms with Crippen molar-refractivity contribution >= 4 is 5.71 Å². The average Bonchev–Trinajstić information content (AvgIpc) is 2.35. The molecule has 1 aromatic carbocycles. The molecule has 0 atom stereocenters. The topological polar surface area (TPSA) is 51.1 Å². The summed E-state index contributed by atoms with van der Waals surface area (Å²) in [6.07, 6.45) is 2.16. The highest BCUT2D eigenvalue weighted by Gasteiger charge is 2.08. The van der Waals surface area contributed by atoms with Gasteiger partial charge in [0.15, 0.2) is 11.5 Å². The third kappa shape index (κ3) is 2.53. The highest BCUT2D eigenvalue weighted by Crippen LogP contribution is 2.28. The minimum atomic E-state index is 0.492. The van der Waals surface area contributed by atoms with E-state index in [4.69, 9.17) is 14.7 Å². The monoisotopic (exact) mass is 221 g/mol. The number of benzene rings is 1. The van der Waals surface area contributed by atoms with Gasteiger partial charge in [0.1, 0.15) is 0 Å². The Balaban J connectivity index is 3.11. The van der Waals surface area contributed by atoms with E-state index in [1.54, 1.807) is 38.5 Å². The molecule has 4 heteroatoms. The summed E-state index contributed by atoms with van der Waals surface area (Å²) in [7, 11) is 3.13. The molecule has 16 heavy (non-hydrogen) atoms. The molecule has 0 heterocycles. The van der Waals surface area contributed by atoms with Crippen molar-refractivity contribution in [3.8, 4) is 11.5 Å². The number of hydrogen-bond acceptors (Lipinski definition) is 4. The Hall–Kier alpha value is -1.97. The molecule has 1 N–H and O–H groups in total. The number of nitrogens with zero attached hydrogens (tertiary/aromatic N) is 1. The van der Waals surface area contributed by atoms with E-state index < -0.39 is 0 Å². The number of rotatable bonds is 5. The smallest absolute Gasteiger partial charge is 0.161 e. The van der Waals surface area contributed by atoms with Crippen molar-refractivity contribution in [1.82, 2.24) is 0 Å². The maximum Gasteiger partial charge on any atom is 0.161 e. The number of hydrogen-bond donors (Lipinski definition) is 1. The fourth-order valence-corrected chi connectivity index (χ4v) is 1.37. The van der Waals surface area contributed by atoms with Crippen LogP contribution in [0, 0.1) is 0 Å². The van der Waals surface area contributed by atoms with Gasteiger partial charge >= 0.3 is 0 Å². The van der Waals surface area contributed by atoms with Crippen LogP contribution in [0.2, 0.25) is 0 Å². The first-order valence-electron chi connectivity index (χ1n) is 4.81. The van der Waals surface area contributed by atoms with E-state index in [1.165, 1.54) is 0 Å². The SMILES string of the molecule is C=CCC(=NO)c1ccc(OC)c(OC)c1. The van der Waals surface area contributed by atoms with Gasteiger partial charge < -0.3 is 14.7 Å². The summed E-state index contributed by atoms with van der Waals surface area (Å²) in [4.78, 5) is 0. The van der Waals surface area contributed by atoms with Crippen molar-refractivity contribution in [2.45, 2.75) is 6.42 Å². The predicted molar refractivity (Wildman–Crippen MR) is 62.7 cm³/mol. The van der Waals surface area contributed by atoms with Crippen LogP contribution in [0.25, 0.3) is 0 Å². The summed E-state index contributed by atoms with van der Waals surface area (Å²) >= 11 is 0. The van der Waals surface area contributed by atoms with Crippen LogP contribution in [0.1, 0.15) is 12.0 Å². The van der Waals surface area contributed by atoms with Crippen LogP contribution < -0.4 is 9.47 Å². The van der Waals surface area contributed by atoms with Gasteiger partial charge in [-0.25, -0.2) is 0 Å². The normalized spacial score (nSPS) is 11.0. The molecule has 0 saturated carbocycles. The standard InChI is InChI=1S/C12H15NO3/c1-4-5-10(13-14)9-6-7-11(15-2)12(8-9)16-3/h4,6-8,14H,1,5H2,2-3H3. The van der Waals surface area contributed by atoms with Gasteiger partial charge in [0.25, 0.3) is 0 Å². The lowest BCUT2D eigenvalue weighted by Gasteiger charge is -2.09. The van der Waals surface area contributed by atoms with Crippen molar-refractivity contribution in [3.05, 3.63) is 36.4 Å². The van der Waals surface area contributed by atoms with E-state index in [9.17, 15) is 0 Å². The summed E-state index contributed by atoms with van der Waals surface area (Å²) in [6, 6.07) is 5.33. The Bertz CT molecular complexity index is 399. The Labute approximate surface area is 94.8 Å². The molecule has 0 saturated heterocycles. The number of ether oxygens (including phenoxy) is 2. The summed E-state index contributed by atoms with van der Waals surface area (Å²) in [5, 5.41) is 12.1. The van der Waals surface area contributed by atoms with Gasteiger partial charge in [-0.2, -0.15) is 0 Å². The van der Waals surface area contributed by atoms with Crippen molar-refractivity contribution in [3.63, 3.8) is 0 Å². The van der Waals surface area contributed by atoms with Gasteiger partial charge in [0.05, 0.1) is 19.9 Å². The maximum absolute atomic E-state index is 8.87. The summed E-state index contributed by atoms with van der Waals surface area (Å²) in [5.74, 6) is 1.24. The van der Waals surface area contributed by atoms with E-state index in [-0.39, 0.29) is 0 Å². The molecule has 4 nitrogen and oxygen atoms in total. The van der Waals surface area contributed by atoms with E-state index >= 15 is 0 Å². The van der Waals surface area contributed by atoms with Gasteiger partial charge in [0, 0.05) is 12.0 Å². The molecule has 1 aromatic rings. The molecule has 0 aliphatic heterocycles. The number of allylic oxidation sites excluding steroid dienone is 1. The largest absolute Gasteiger partial charge is 0.493 e. The van der Waals surface area contributed by atoms with Gasteiger partial charge in [-0.1, -0.05) is 11.2 Å². The Kier molecular flexibility index (Phi) is 4.39. The molecule has 0 fully saturated rings. The predicted octanol–water partition coefficient (Wildman–Crippen LogP) is 2.46. The minimum Gasteiger partial charge on any atom is -0.493 e. The molecule has 0 spiro atoms. The lowest BCUT2D eigenvalue weighted by Crippen LogP contribution is -2.01. The first-order valence-corrected chi connectivity index (χ1v) is 4.81. The van der Waals surface area contributed by atoms with Crippen LogP contribution in [0.4, 0.5) is 0 Å². The van der Waals surface area contributed by atoms with Gasteiger partial charge in [-0.15, -0.1) is 6.58 Å². The molecule has 1 rings (SSSR count). The summed E-state index contributed by atoms with van der Waals surface area (Å²) in [6.45, 7) is 3.60. The first-order chi connectivity index (χ1) is 7.76. The summed E-state index contributed by atoms with van der Waals surface area (Å²) in [5.41, 5.74) is 1.32. The Morgan fingerprint density at radius 3 is 2.56 bits per heavy atom. The molecule has 0 aliphatic rings. The first kappa shape index (κ1) is 12.1. The Morgan fingerprint density at radius 2 is 2.06 bits per heavy atom. The van der Waals surface area contributed by atoms with Crippen LogP contribution in [0.15, 0.2) is 36.0 Å². The van der Waals surface area contributed by atoms with Crippen LogP contribution in [0.3, 0.4) is 0 Å². The third-order valence-electron chi connectivity index (χ3n) is 2.18. The van der Waals surface area contributed by atoms with E-state index in [2.05, 4.69) is 11.7 Å². The fraction of sp³-hybridized carbons (Fsp3) is 0.250. The molecule has 86 valence electrons. The molecule has 0 aliphatic carbocycles. The van der Waals surface area contributed by atoms with Crippen molar-refractivity contribution in [1.29, 1.82) is 0 Å². The molecule has 0 unspecified atom stereocenters. The second-order valence-corrected chi connectivity index (χ2v) is 3.11. The van der Waals surface area contributed by atoms with Gasteiger partial charge in [-0.05, 0) is 18.2 Å². The molecule has 0 bridgehead atoms. The molecule has 0 amide bonds. The van der Waals surface area contributed by atoms with Crippen LogP contribution in [-0.4, -0.2) is 25.1 Å². The van der Waals surface area contributed by atoms with E-state index in [0.29, 0.717) is 23.6 Å². The maximum atomic E-state index is 8.87. The lowest BCUT2D eigenvalue weighted by atomic mass is 10.1. The second kappa shape index (κ2) is 5.80. The highest BCUT2D eigenvalue weighted by atomic mass is 16.5. The van der Waals surface area contributed by atoms with E-state index in [0.717, 1.165) is 5.56 Å². The zero-order chi connectivity index (χ0) is 12.0. The van der Waals surface area contributed by atoms with E-state index in [1.807, 2.05) is 0 Å². The zero-order valence-electron chi connectivity index (χ0n) is 9.43. The highest BCUT2D eigenvalue weighted by molar-refractivity contribution is 6.01. The second-order valence-electron chi connectivity index (χ2n) is 3.11. The molecular formula is C12H15NO3. The molecule has 0 aromatic heterocycles. The van der Waals surface area contributed by atoms with Crippen LogP contribution in [0.5, 0.6) is 11.5 Å². The van der Waals surface area contributed by atoms with Crippen molar-refractivity contribution in [2.75, 3.05) is 14.2 Å². The minimum absolute atomic E-state index is 0.492. The van der Waals surface area contributed by atoms with Crippen LogP contribution in [-0.2, 0) is 0 Å². The van der Waals surface area contributed by atoms with Crippen molar-refractivity contribution in [2.24, 2.45) is 5.16 Å². The number of oxime groups is 1. The fourth-order valence-electron chi connectivity index (χ4n) is 1.37. The van der Waals surface area contributed by atoms with Gasteiger partial charge in [0.2, 0.25) is 0 Å². The van der Waals surface area contributed by atoms with Crippen LogP contribution >= 0.6 is 0 Å². The molecule has 0 radical (unpaired) electrons. The van der Waals surface area contributed by atoms with Crippen molar-refractivity contribution < 1.29 is 14.7 Å². The molecular weight excluding hydrogens is 206 g/mol. The number of methoxy groups -OCH3 is 2. The van der Waals surface area contributed by atoms with Gasteiger partial charge in [-0.3, -0.25) is 0 Å². The summed E-state index contributed by atoms with van der Waals surface area (Å²) < 4.78 is 10.3. The Morgan fingerprint density at radius 1 is 1.38 bits per heavy atom. The average molecular weight is 221 g/mol. The quantitative estimate of drug-likeness (QED) is 0.359.